The molecule has 0 fully saturated rings. The van der Waals surface area contributed by atoms with Gasteiger partial charge in [-0.25, -0.2) is 0 Å². The zero-order valence-corrected chi connectivity index (χ0v) is 7.40. The lowest BCUT2D eigenvalue weighted by molar-refractivity contribution is 1.40. The summed E-state index contributed by atoms with van der Waals surface area (Å²) < 4.78 is 0. The van der Waals surface area contributed by atoms with E-state index >= 15 is 0 Å². The summed E-state index contributed by atoms with van der Waals surface area (Å²) >= 11 is 1.74. The molecule has 1 aliphatic heterocycles. The van der Waals surface area contributed by atoms with E-state index in [-0.39, 0.29) is 0 Å². The predicted molar refractivity (Wildman–Crippen MR) is 54.2 cm³/mol. The van der Waals surface area contributed by atoms with Gasteiger partial charge in [0.25, 0.3) is 0 Å². The fraction of sp³-hybridized carbons (Fsp3) is 0. The highest BCUT2D eigenvalue weighted by atomic mass is 32.2. The van der Waals surface area contributed by atoms with E-state index in [0.717, 1.165) is 4.91 Å². The van der Waals surface area contributed by atoms with Gasteiger partial charge in [-0.2, -0.15) is 0 Å². The quantitative estimate of drug-likeness (QED) is 0.703. The zero-order valence-electron chi connectivity index (χ0n) is 6.58. The Kier molecular flexibility index (Phi) is 1.92. The van der Waals surface area contributed by atoms with Crippen molar-refractivity contribution in [3.05, 3.63) is 48.0 Å². The van der Waals surface area contributed by atoms with Crippen LogP contribution in [0.25, 0.3) is 0 Å². The van der Waals surface area contributed by atoms with Crippen molar-refractivity contribution in [1.29, 1.82) is 0 Å². The van der Waals surface area contributed by atoms with Gasteiger partial charge in [-0.05, 0) is 12.1 Å². The molecule has 0 amide bonds. The first-order valence-electron chi connectivity index (χ1n) is 3.76. The van der Waals surface area contributed by atoms with Crippen LogP contribution in [0.3, 0.4) is 0 Å². The number of benzene rings is 1. The Morgan fingerprint density at radius 1 is 1.33 bits per heavy atom. The number of fused-ring (bicyclic) bond motifs is 1. The number of rotatable bonds is 1. The fourth-order valence-corrected chi connectivity index (χ4v) is 1.92. The highest BCUT2D eigenvalue weighted by molar-refractivity contribution is 8.03. The summed E-state index contributed by atoms with van der Waals surface area (Å²) in [6, 6.07) is 8.24. The number of hydrogen-bond donors (Lipinski definition) is 1. The molecule has 0 aromatic heterocycles. The third kappa shape index (κ3) is 1.25. The summed E-state index contributed by atoms with van der Waals surface area (Å²) in [6.07, 6.45) is 3.83. The normalized spacial score (nSPS) is 14.2. The van der Waals surface area contributed by atoms with Crippen molar-refractivity contribution < 1.29 is 0 Å². The molecule has 0 atom stereocenters. The summed E-state index contributed by atoms with van der Waals surface area (Å²) in [4.78, 5) is 2.42. The van der Waals surface area contributed by atoms with Crippen LogP contribution in [0.1, 0.15) is 0 Å². The molecule has 0 saturated carbocycles. The minimum Gasteiger partial charge on any atom is -0.360 e. The van der Waals surface area contributed by atoms with Gasteiger partial charge in [-0.3, -0.25) is 0 Å². The van der Waals surface area contributed by atoms with Crippen molar-refractivity contribution in [3.63, 3.8) is 0 Å². The van der Waals surface area contributed by atoms with Crippen molar-refractivity contribution in [1.82, 2.24) is 0 Å². The van der Waals surface area contributed by atoms with Gasteiger partial charge in [0.1, 0.15) is 0 Å². The van der Waals surface area contributed by atoms with Crippen molar-refractivity contribution in [2.75, 3.05) is 5.32 Å². The van der Waals surface area contributed by atoms with E-state index in [1.54, 1.807) is 11.8 Å². The second-order valence-electron chi connectivity index (χ2n) is 2.49. The Labute approximate surface area is 76.2 Å². The molecule has 0 radical (unpaired) electrons. The first-order chi connectivity index (χ1) is 5.90. The smallest absolute Gasteiger partial charge is 0.0521 e. The van der Waals surface area contributed by atoms with E-state index in [2.05, 4.69) is 24.0 Å². The van der Waals surface area contributed by atoms with Crippen LogP contribution in [0.15, 0.2) is 52.9 Å². The van der Waals surface area contributed by atoms with E-state index in [1.807, 2.05) is 24.4 Å². The van der Waals surface area contributed by atoms with Crippen LogP contribution in [0.4, 0.5) is 5.69 Å². The van der Waals surface area contributed by atoms with E-state index in [0.29, 0.717) is 0 Å². The molecule has 12 heavy (non-hydrogen) atoms. The SMILES string of the molecule is C=CC1=CNc2ccccc2S1. The van der Waals surface area contributed by atoms with Crippen LogP contribution in [-0.4, -0.2) is 0 Å². The van der Waals surface area contributed by atoms with Crippen LogP contribution >= 0.6 is 11.8 Å². The first kappa shape index (κ1) is 7.50. The molecule has 1 heterocycles. The predicted octanol–water partition coefficient (Wildman–Crippen LogP) is 3.23. The molecular weight excluding hydrogens is 166 g/mol. The molecule has 1 aromatic carbocycles. The molecule has 1 aromatic rings. The van der Waals surface area contributed by atoms with Gasteiger partial charge in [0.05, 0.1) is 5.69 Å². The molecule has 1 N–H and O–H groups in total. The molecule has 0 aliphatic carbocycles. The Hall–Kier alpha value is -1.15. The molecule has 1 nitrogen and oxygen atoms in total. The van der Waals surface area contributed by atoms with Gasteiger partial charge >= 0.3 is 0 Å². The summed E-state index contributed by atoms with van der Waals surface area (Å²) in [5, 5.41) is 3.21. The number of allylic oxidation sites excluding steroid dienone is 1. The largest absolute Gasteiger partial charge is 0.360 e. The highest BCUT2D eigenvalue weighted by Gasteiger charge is 2.07. The van der Waals surface area contributed by atoms with E-state index < -0.39 is 0 Å². The van der Waals surface area contributed by atoms with Crippen molar-refractivity contribution in [2.45, 2.75) is 4.90 Å². The number of para-hydroxylation sites is 1. The number of hydrogen-bond acceptors (Lipinski definition) is 2. The third-order valence-corrected chi connectivity index (χ3v) is 2.78. The molecule has 0 saturated heterocycles. The van der Waals surface area contributed by atoms with Crippen LogP contribution < -0.4 is 5.32 Å². The standard InChI is InChI=1S/C10H9NS/c1-2-8-7-11-9-5-3-4-6-10(9)12-8/h2-7,11H,1H2. The van der Waals surface area contributed by atoms with E-state index in [9.17, 15) is 0 Å². The first-order valence-corrected chi connectivity index (χ1v) is 4.58. The van der Waals surface area contributed by atoms with Crippen molar-refractivity contribution in [2.24, 2.45) is 0 Å². The summed E-state index contributed by atoms with van der Waals surface area (Å²) in [7, 11) is 0. The number of anilines is 1. The van der Waals surface area contributed by atoms with E-state index in [1.165, 1.54) is 10.6 Å². The Balaban J connectivity index is 2.36. The van der Waals surface area contributed by atoms with Crippen molar-refractivity contribution >= 4 is 17.4 Å². The summed E-state index contributed by atoms with van der Waals surface area (Å²) in [5.41, 5.74) is 1.17. The Morgan fingerprint density at radius 2 is 2.17 bits per heavy atom. The van der Waals surface area contributed by atoms with Crippen molar-refractivity contribution in [3.8, 4) is 0 Å². The second kappa shape index (κ2) is 3.07. The minimum atomic E-state index is 1.16. The summed E-state index contributed by atoms with van der Waals surface area (Å²) in [6.45, 7) is 3.73. The molecular formula is C10H9NS. The molecule has 0 unspecified atom stereocenters. The van der Waals surface area contributed by atoms with Gasteiger partial charge < -0.3 is 5.32 Å². The van der Waals surface area contributed by atoms with Gasteiger partial charge in [0, 0.05) is 16.0 Å². The van der Waals surface area contributed by atoms with Gasteiger partial charge in [-0.15, -0.1) is 0 Å². The molecule has 0 bridgehead atoms. The fourth-order valence-electron chi connectivity index (χ4n) is 1.08. The maximum absolute atomic E-state index is 3.73. The molecule has 2 heteroatoms. The third-order valence-electron chi connectivity index (χ3n) is 1.69. The Morgan fingerprint density at radius 3 is 3.00 bits per heavy atom. The number of thioether (sulfide) groups is 1. The van der Waals surface area contributed by atoms with Crippen LogP contribution in [0.5, 0.6) is 0 Å². The van der Waals surface area contributed by atoms with Crippen LogP contribution in [0, 0.1) is 0 Å². The number of nitrogens with one attached hydrogen (secondary N) is 1. The highest BCUT2D eigenvalue weighted by Crippen LogP contribution is 2.36. The minimum absolute atomic E-state index is 1.16. The lowest BCUT2D eigenvalue weighted by Gasteiger charge is -2.14. The lowest BCUT2D eigenvalue weighted by atomic mass is 10.3. The Bertz CT molecular complexity index is 341. The van der Waals surface area contributed by atoms with Crippen LogP contribution in [-0.2, 0) is 0 Å². The monoisotopic (exact) mass is 175 g/mol. The van der Waals surface area contributed by atoms with Crippen LogP contribution in [0.2, 0.25) is 0 Å². The average molecular weight is 175 g/mol. The molecule has 2 rings (SSSR count). The molecule has 60 valence electrons. The maximum Gasteiger partial charge on any atom is 0.0521 e. The molecule has 1 aliphatic rings. The van der Waals surface area contributed by atoms with Gasteiger partial charge in [-0.1, -0.05) is 36.5 Å². The van der Waals surface area contributed by atoms with Gasteiger partial charge in [0.15, 0.2) is 0 Å². The average Bonchev–Trinajstić information content (AvgIpc) is 2.17. The zero-order chi connectivity index (χ0) is 8.39. The topological polar surface area (TPSA) is 12.0 Å². The lowest BCUT2D eigenvalue weighted by Crippen LogP contribution is -1.95. The molecule has 0 spiro atoms. The van der Waals surface area contributed by atoms with Gasteiger partial charge in [0.2, 0.25) is 0 Å². The van der Waals surface area contributed by atoms with E-state index in [4.69, 9.17) is 0 Å². The second-order valence-corrected chi connectivity index (χ2v) is 3.61. The maximum atomic E-state index is 3.73. The summed E-state index contributed by atoms with van der Waals surface area (Å²) in [5.74, 6) is 0.